The Kier molecular flexibility index (Phi) is 5.74. The molecule has 5 heteroatoms. The molecule has 18 heavy (non-hydrogen) atoms. The van der Waals surface area contributed by atoms with Crippen LogP contribution in [0, 0.1) is 0 Å². The molecule has 0 aliphatic heterocycles. The van der Waals surface area contributed by atoms with E-state index >= 15 is 0 Å². The fourth-order valence-corrected chi connectivity index (χ4v) is 1.61. The summed E-state index contributed by atoms with van der Waals surface area (Å²) in [5.74, 6) is 5.61. The molecule has 0 fully saturated rings. The minimum atomic E-state index is -2.82. The Hall–Kier alpha value is -1.46. The number of halogens is 2. The maximum atomic E-state index is 12.1. The molecule has 0 aromatic heterocycles. The minimum Gasteiger partial charge on any atom is -0.435 e. The first-order valence-corrected chi connectivity index (χ1v) is 5.74. The van der Waals surface area contributed by atoms with Gasteiger partial charge in [-0.1, -0.05) is 31.2 Å². The Bertz CT molecular complexity index is 396. The summed E-state index contributed by atoms with van der Waals surface area (Å²) in [6, 6.07) is 6.36. The van der Waals surface area contributed by atoms with E-state index in [4.69, 9.17) is 5.84 Å². The molecule has 1 rings (SSSR count). The van der Waals surface area contributed by atoms with Crippen LogP contribution in [0.15, 0.2) is 36.4 Å². The van der Waals surface area contributed by atoms with Crippen molar-refractivity contribution < 1.29 is 13.5 Å². The average Bonchev–Trinajstić information content (AvgIpc) is 2.35. The highest BCUT2D eigenvalue weighted by Gasteiger charge is 2.12. The molecule has 0 aliphatic rings. The van der Waals surface area contributed by atoms with Gasteiger partial charge in [-0.05, 0) is 30.5 Å². The topological polar surface area (TPSA) is 47.3 Å². The van der Waals surface area contributed by atoms with Crippen LogP contribution in [0.2, 0.25) is 0 Å². The third-order valence-electron chi connectivity index (χ3n) is 2.68. The van der Waals surface area contributed by atoms with Crippen LogP contribution in [0.5, 0.6) is 5.75 Å². The maximum Gasteiger partial charge on any atom is 0.387 e. The molecular weight excluding hydrogens is 238 g/mol. The Morgan fingerprint density at radius 1 is 1.50 bits per heavy atom. The number of hydrogen-bond acceptors (Lipinski definition) is 3. The molecule has 3 nitrogen and oxygen atoms in total. The number of nitrogens with one attached hydrogen (secondary N) is 1. The first-order chi connectivity index (χ1) is 8.56. The molecule has 1 atom stereocenters. The van der Waals surface area contributed by atoms with E-state index in [0.717, 1.165) is 17.6 Å². The number of nitrogens with two attached hydrogens (primary N) is 1. The molecule has 0 saturated heterocycles. The zero-order valence-electron chi connectivity index (χ0n) is 10.3. The van der Waals surface area contributed by atoms with Gasteiger partial charge in [-0.3, -0.25) is 11.3 Å². The zero-order chi connectivity index (χ0) is 13.5. The van der Waals surface area contributed by atoms with Crippen LogP contribution >= 0.6 is 0 Å². The summed E-state index contributed by atoms with van der Waals surface area (Å²) in [6.45, 7) is 3.09. The molecule has 0 radical (unpaired) electrons. The van der Waals surface area contributed by atoms with Gasteiger partial charge in [0.05, 0.1) is 0 Å². The summed E-state index contributed by atoms with van der Waals surface area (Å²) >= 11 is 0. The van der Waals surface area contributed by atoms with Gasteiger partial charge in [0.1, 0.15) is 5.75 Å². The molecule has 1 unspecified atom stereocenters. The van der Waals surface area contributed by atoms with Crippen molar-refractivity contribution in [2.75, 3.05) is 0 Å². The van der Waals surface area contributed by atoms with Gasteiger partial charge in [0.2, 0.25) is 0 Å². The van der Waals surface area contributed by atoms with Crippen LogP contribution < -0.4 is 16.0 Å². The van der Waals surface area contributed by atoms with Gasteiger partial charge in [-0.15, -0.1) is 0 Å². The van der Waals surface area contributed by atoms with Gasteiger partial charge in [-0.2, -0.15) is 8.78 Å². The second-order valence-corrected chi connectivity index (χ2v) is 3.98. The summed E-state index contributed by atoms with van der Waals surface area (Å²) in [5.41, 5.74) is 4.50. The van der Waals surface area contributed by atoms with Gasteiger partial charge in [-0.25, -0.2) is 0 Å². The van der Waals surface area contributed by atoms with Crippen LogP contribution in [-0.4, -0.2) is 6.61 Å². The van der Waals surface area contributed by atoms with E-state index in [1.807, 2.05) is 13.0 Å². The second-order valence-electron chi connectivity index (χ2n) is 3.98. The van der Waals surface area contributed by atoms with Crippen LogP contribution in [0.25, 0.3) is 0 Å². The van der Waals surface area contributed by atoms with Crippen molar-refractivity contribution in [3.05, 3.63) is 42.0 Å². The molecule has 0 saturated carbocycles. The van der Waals surface area contributed by atoms with E-state index in [2.05, 4.69) is 16.7 Å². The van der Waals surface area contributed by atoms with E-state index in [9.17, 15) is 8.78 Å². The van der Waals surface area contributed by atoms with Crippen LogP contribution in [0.4, 0.5) is 8.78 Å². The quantitative estimate of drug-likeness (QED) is 0.447. The zero-order valence-corrected chi connectivity index (χ0v) is 10.3. The molecule has 1 aromatic rings. The minimum absolute atomic E-state index is 0.130. The van der Waals surface area contributed by atoms with E-state index in [0.29, 0.717) is 6.42 Å². The van der Waals surface area contributed by atoms with Crippen LogP contribution in [0.1, 0.15) is 31.4 Å². The first kappa shape index (κ1) is 14.6. The van der Waals surface area contributed by atoms with Gasteiger partial charge in [0.15, 0.2) is 0 Å². The Balaban J connectivity index is 2.82. The predicted octanol–water partition coefficient (Wildman–Crippen LogP) is 3.15. The summed E-state index contributed by atoms with van der Waals surface area (Å²) in [6.07, 6.45) is 1.51. The number of hydrogen-bond donors (Lipinski definition) is 2. The van der Waals surface area contributed by atoms with Gasteiger partial charge < -0.3 is 4.74 Å². The lowest BCUT2D eigenvalue weighted by Crippen LogP contribution is -2.28. The molecule has 0 bridgehead atoms. The summed E-state index contributed by atoms with van der Waals surface area (Å²) < 4.78 is 28.6. The normalized spacial score (nSPS) is 12.5. The predicted molar refractivity (Wildman–Crippen MR) is 67.2 cm³/mol. The van der Waals surface area contributed by atoms with Gasteiger partial charge >= 0.3 is 6.61 Å². The largest absolute Gasteiger partial charge is 0.435 e. The summed E-state index contributed by atoms with van der Waals surface area (Å²) in [7, 11) is 0. The van der Waals surface area contributed by atoms with E-state index < -0.39 is 6.61 Å². The van der Waals surface area contributed by atoms with Crippen molar-refractivity contribution >= 4 is 0 Å². The Labute approximate surface area is 106 Å². The lowest BCUT2D eigenvalue weighted by molar-refractivity contribution is -0.0499. The van der Waals surface area contributed by atoms with Crippen molar-refractivity contribution in [1.82, 2.24) is 5.43 Å². The highest BCUT2D eigenvalue weighted by atomic mass is 19.3. The number of rotatable bonds is 7. The highest BCUT2D eigenvalue weighted by molar-refractivity contribution is 5.31. The third kappa shape index (κ3) is 4.43. The molecule has 1 aromatic carbocycles. The SMILES string of the molecule is C=C(CC)CC(NN)c1cccc(OC(F)F)c1. The molecular formula is C13H18F2N2O. The molecule has 100 valence electrons. The first-order valence-electron chi connectivity index (χ1n) is 5.74. The van der Waals surface area contributed by atoms with Crippen molar-refractivity contribution in [3.8, 4) is 5.75 Å². The summed E-state index contributed by atoms with van der Waals surface area (Å²) in [5, 5.41) is 0. The lowest BCUT2D eigenvalue weighted by atomic mass is 9.99. The monoisotopic (exact) mass is 256 g/mol. The second kappa shape index (κ2) is 7.08. The average molecular weight is 256 g/mol. The van der Waals surface area contributed by atoms with Crippen molar-refractivity contribution in [2.24, 2.45) is 5.84 Å². The smallest absolute Gasteiger partial charge is 0.387 e. The lowest BCUT2D eigenvalue weighted by Gasteiger charge is -2.18. The fraction of sp³-hybridized carbons (Fsp3) is 0.385. The fourth-order valence-electron chi connectivity index (χ4n) is 1.61. The van der Waals surface area contributed by atoms with Crippen LogP contribution in [-0.2, 0) is 0 Å². The third-order valence-corrected chi connectivity index (χ3v) is 2.68. The standard InChI is InChI=1S/C13H18F2N2O/c1-3-9(2)7-12(17-16)10-5-4-6-11(8-10)18-13(14)15/h4-6,8,12-13,17H,2-3,7,16H2,1H3. The van der Waals surface area contributed by atoms with E-state index in [-0.39, 0.29) is 11.8 Å². The maximum absolute atomic E-state index is 12.1. The highest BCUT2D eigenvalue weighted by Crippen LogP contribution is 2.25. The number of benzene rings is 1. The van der Waals surface area contributed by atoms with E-state index in [1.54, 1.807) is 12.1 Å². The van der Waals surface area contributed by atoms with Crippen molar-refractivity contribution in [2.45, 2.75) is 32.4 Å². The number of ether oxygens (including phenoxy) is 1. The molecule has 0 spiro atoms. The van der Waals surface area contributed by atoms with Gasteiger partial charge in [0.25, 0.3) is 0 Å². The van der Waals surface area contributed by atoms with Crippen LogP contribution in [0.3, 0.4) is 0 Å². The van der Waals surface area contributed by atoms with E-state index in [1.165, 1.54) is 6.07 Å². The molecule has 3 N–H and O–H groups in total. The van der Waals surface area contributed by atoms with Crippen molar-refractivity contribution in [3.63, 3.8) is 0 Å². The Morgan fingerprint density at radius 3 is 2.78 bits per heavy atom. The Morgan fingerprint density at radius 2 is 2.22 bits per heavy atom. The van der Waals surface area contributed by atoms with Crippen molar-refractivity contribution in [1.29, 1.82) is 0 Å². The molecule has 0 amide bonds. The number of alkyl halides is 2. The van der Waals surface area contributed by atoms with Gasteiger partial charge in [0, 0.05) is 6.04 Å². The molecule has 0 aliphatic carbocycles. The summed E-state index contributed by atoms with van der Waals surface area (Å²) in [4.78, 5) is 0. The molecule has 0 heterocycles. The number of hydrazine groups is 1.